The molecule has 0 N–H and O–H groups in total. The number of rotatable bonds is 8. The number of fused-ring (bicyclic) bond motifs is 1. The van der Waals surface area contributed by atoms with Crippen LogP contribution in [0.1, 0.15) is 36.4 Å². The van der Waals surface area contributed by atoms with Crippen molar-refractivity contribution in [3.8, 4) is 0 Å². The first-order valence-corrected chi connectivity index (χ1v) is 13.1. The minimum absolute atomic E-state index is 0.0326. The van der Waals surface area contributed by atoms with Crippen LogP contribution in [0.4, 0.5) is 0 Å². The number of pyridine rings is 2. The van der Waals surface area contributed by atoms with Crippen LogP contribution in [0.15, 0.2) is 77.6 Å². The first kappa shape index (κ1) is 23.2. The highest BCUT2D eigenvalue weighted by Gasteiger charge is 2.24. The molecule has 0 bridgehead atoms. The summed E-state index contributed by atoms with van der Waals surface area (Å²) in [6.45, 7) is 4.63. The molecule has 0 aliphatic heterocycles. The molecule has 6 heteroatoms. The van der Waals surface area contributed by atoms with Crippen LogP contribution >= 0.6 is 7.37 Å². The number of nitrogens with zero attached hydrogens (tertiary/aromatic N) is 2. The Morgan fingerprint density at radius 3 is 2.24 bits per heavy atom. The predicted octanol–water partition coefficient (Wildman–Crippen LogP) is 5.32. The second-order valence-corrected chi connectivity index (χ2v) is 10.7. The third-order valence-electron chi connectivity index (χ3n) is 6.01. The van der Waals surface area contributed by atoms with E-state index in [9.17, 15) is 9.36 Å². The fourth-order valence-electron chi connectivity index (χ4n) is 4.12. The van der Waals surface area contributed by atoms with E-state index in [1.165, 1.54) is 7.11 Å². The molecule has 33 heavy (non-hydrogen) atoms. The van der Waals surface area contributed by atoms with Gasteiger partial charge in [0.1, 0.15) is 0 Å². The van der Waals surface area contributed by atoms with Gasteiger partial charge in [0.15, 0.2) is 0 Å². The molecular formula is C27H29N2O3P. The normalized spacial score (nSPS) is 13.2. The maximum Gasteiger partial charge on any atom is 0.251 e. The molecule has 0 fully saturated rings. The van der Waals surface area contributed by atoms with Crippen LogP contribution in [0.3, 0.4) is 0 Å². The molecule has 0 aliphatic rings. The van der Waals surface area contributed by atoms with E-state index in [0.29, 0.717) is 18.0 Å². The van der Waals surface area contributed by atoms with E-state index in [1.807, 2.05) is 71.3 Å². The molecule has 5 nitrogen and oxygen atoms in total. The van der Waals surface area contributed by atoms with E-state index in [0.717, 1.165) is 46.3 Å². The van der Waals surface area contributed by atoms with Gasteiger partial charge in [-0.15, -0.1) is 0 Å². The van der Waals surface area contributed by atoms with Gasteiger partial charge in [-0.2, -0.15) is 0 Å². The van der Waals surface area contributed by atoms with Crippen molar-refractivity contribution in [1.82, 2.24) is 9.55 Å². The first-order chi connectivity index (χ1) is 16.0. The largest absolute Gasteiger partial charge is 0.328 e. The van der Waals surface area contributed by atoms with E-state index >= 15 is 0 Å². The van der Waals surface area contributed by atoms with E-state index in [4.69, 9.17) is 9.51 Å². The molecule has 4 aromatic rings. The van der Waals surface area contributed by atoms with Gasteiger partial charge in [0.05, 0.1) is 18.2 Å². The maximum atomic E-state index is 13.4. The molecule has 170 valence electrons. The van der Waals surface area contributed by atoms with Crippen LogP contribution in [0.5, 0.6) is 0 Å². The summed E-state index contributed by atoms with van der Waals surface area (Å²) in [5, 5.41) is 1.74. The lowest BCUT2D eigenvalue weighted by Gasteiger charge is -2.17. The van der Waals surface area contributed by atoms with Gasteiger partial charge in [0, 0.05) is 35.3 Å². The Hall–Kier alpha value is -3.01. The summed E-state index contributed by atoms with van der Waals surface area (Å²) < 4.78 is 20.6. The quantitative estimate of drug-likeness (QED) is 0.334. The lowest BCUT2D eigenvalue weighted by Crippen LogP contribution is -2.20. The van der Waals surface area contributed by atoms with E-state index < -0.39 is 7.37 Å². The average Bonchev–Trinajstić information content (AvgIpc) is 2.86. The summed E-state index contributed by atoms with van der Waals surface area (Å²) in [6.07, 6.45) is 1.97. The summed E-state index contributed by atoms with van der Waals surface area (Å²) in [7, 11) is -1.48. The zero-order valence-corrected chi connectivity index (χ0v) is 20.2. The van der Waals surface area contributed by atoms with Crippen LogP contribution in [0, 0.1) is 0 Å². The van der Waals surface area contributed by atoms with E-state index in [2.05, 4.69) is 13.8 Å². The minimum Gasteiger partial charge on any atom is -0.328 e. The standard InChI is InChI=1S/C27H29N2O3P/c1-4-22-17-26-24(25(5-2)28-22)15-16-27(30)29(26)18-20-11-13-21(14-12-20)19-33(31,32-3)23-9-7-6-8-10-23/h6-17H,4-5,18-19H2,1-3H3. The molecule has 0 spiro atoms. The molecule has 1 atom stereocenters. The van der Waals surface area contributed by atoms with Gasteiger partial charge in [-0.1, -0.05) is 56.3 Å². The van der Waals surface area contributed by atoms with Crippen LogP contribution in [0.2, 0.25) is 0 Å². The highest BCUT2D eigenvalue weighted by molar-refractivity contribution is 7.66. The summed E-state index contributed by atoms with van der Waals surface area (Å²) in [5.41, 5.74) is 4.84. The second-order valence-electron chi connectivity index (χ2n) is 8.12. The average molecular weight is 461 g/mol. The Morgan fingerprint density at radius 2 is 1.61 bits per heavy atom. The maximum absolute atomic E-state index is 13.4. The monoisotopic (exact) mass is 460 g/mol. The van der Waals surface area contributed by atoms with Crippen LogP contribution < -0.4 is 10.9 Å². The van der Waals surface area contributed by atoms with Crippen LogP contribution in [-0.2, 0) is 34.6 Å². The van der Waals surface area contributed by atoms with Crippen molar-refractivity contribution in [3.63, 3.8) is 0 Å². The Kier molecular flexibility index (Phi) is 6.92. The van der Waals surface area contributed by atoms with Gasteiger partial charge in [-0.05, 0) is 48.2 Å². The first-order valence-electron chi connectivity index (χ1n) is 11.3. The van der Waals surface area contributed by atoms with E-state index in [-0.39, 0.29) is 5.56 Å². The zero-order chi connectivity index (χ0) is 23.4. The Labute approximate surface area is 194 Å². The second kappa shape index (κ2) is 9.86. The van der Waals surface area contributed by atoms with Gasteiger partial charge in [-0.25, -0.2) is 0 Å². The highest BCUT2D eigenvalue weighted by Crippen LogP contribution is 2.48. The van der Waals surface area contributed by atoms with E-state index in [1.54, 1.807) is 6.07 Å². The van der Waals surface area contributed by atoms with Gasteiger partial charge < -0.3 is 9.09 Å². The molecule has 2 aromatic heterocycles. The van der Waals surface area contributed by atoms with Crippen LogP contribution in [0.25, 0.3) is 10.9 Å². The van der Waals surface area contributed by atoms with Gasteiger partial charge >= 0.3 is 0 Å². The van der Waals surface area contributed by atoms with Crippen molar-refractivity contribution < 1.29 is 9.09 Å². The molecule has 4 rings (SSSR count). The Morgan fingerprint density at radius 1 is 0.909 bits per heavy atom. The zero-order valence-electron chi connectivity index (χ0n) is 19.3. The van der Waals surface area contributed by atoms with Crippen molar-refractivity contribution >= 4 is 23.6 Å². The third-order valence-corrected chi connectivity index (χ3v) is 8.47. The fraction of sp³-hybridized carbons (Fsp3) is 0.259. The van der Waals surface area contributed by atoms with Crippen molar-refractivity contribution in [2.45, 2.75) is 39.4 Å². The topological polar surface area (TPSA) is 61.2 Å². The summed E-state index contributed by atoms with van der Waals surface area (Å²) in [5.74, 6) is 0. The van der Waals surface area contributed by atoms with Gasteiger partial charge in [0.25, 0.3) is 5.56 Å². The Balaban J connectivity index is 1.64. The molecular weight excluding hydrogens is 431 g/mol. The molecule has 2 heterocycles. The van der Waals surface area contributed by atoms with Crippen molar-refractivity contribution in [2.75, 3.05) is 7.11 Å². The SMILES string of the molecule is CCc1cc2c(ccc(=O)n2Cc2ccc(CP(=O)(OC)c3ccccc3)cc2)c(CC)n1. The lowest BCUT2D eigenvalue weighted by molar-refractivity contribution is 0.402. The highest BCUT2D eigenvalue weighted by atomic mass is 31.2. The molecule has 0 radical (unpaired) electrons. The fourth-order valence-corrected chi connectivity index (χ4v) is 5.96. The van der Waals surface area contributed by atoms with Crippen LogP contribution in [-0.4, -0.2) is 16.7 Å². The van der Waals surface area contributed by atoms with Crippen molar-refractivity contribution in [3.05, 3.63) is 106 Å². The molecule has 0 saturated carbocycles. The smallest absolute Gasteiger partial charge is 0.251 e. The summed E-state index contributed by atoms with van der Waals surface area (Å²) in [6, 6.07) is 22.8. The lowest BCUT2D eigenvalue weighted by atomic mass is 10.1. The predicted molar refractivity (Wildman–Crippen MR) is 135 cm³/mol. The van der Waals surface area contributed by atoms with Crippen molar-refractivity contribution in [2.24, 2.45) is 0 Å². The molecule has 1 unspecified atom stereocenters. The molecule has 0 saturated heterocycles. The Bertz CT molecular complexity index is 1360. The number of hydrogen-bond acceptors (Lipinski definition) is 4. The number of aryl methyl sites for hydroxylation is 2. The van der Waals surface area contributed by atoms with Gasteiger partial charge in [-0.3, -0.25) is 14.3 Å². The molecule has 0 aliphatic carbocycles. The summed E-state index contributed by atoms with van der Waals surface area (Å²) >= 11 is 0. The molecule has 0 amide bonds. The van der Waals surface area contributed by atoms with Crippen molar-refractivity contribution in [1.29, 1.82) is 0 Å². The number of benzene rings is 2. The number of hydrogen-bond donors (Lipinski definition) is 0. The minimum atomic E-state index is -2.98. The molecule has 2 aromatic carbocycles. The number of aromatic nitrogens is 2. The third kappa shape index (κ3) is 4.85. The summed E-state index contributed by atoms with van der Waals surface area (Å²) in [4.78, 5) is 17.5. The van der Waals surface area contributed by atoms with Gasteiger partial charge in [0.2, 0.25) is 7.37 Å².